The molecule has 1 saturated heterocycles. The lowest BCUT2D eigenvalue weighted by atomic mass is 9.66. The van der Waals surface area contributed by atoms with Crippen LogP contribution in [-0.4, -0.2) is 72.0 Å². The second-order valence-electron chi connectivity index (χ2n) is 11.6. The van der Waals surface area contributed by atoms with Crippen LogP contribution in [0.4, 0.5) is 13.2 Å². The summed E-state index contributed by atoms with van der Waals surface area (Å²) in [6, 6.07) is 2.25. The largest absolute Gasteiger partial charge is 0.487 e. The number of nitrogens with two attached hydrogens (primary N) is 2. The van der Waals surface area contributed by atoms with Gasteiger partial charge in [0.25, 0.3) is 5.91 Å². The third-order valence-corrected chi connectivity index (χ3v) is 9.16. The van der Waals surface area contributed by atoms with Crippen LogP contribution in [0.25, 0.3) is 0 Å². The Morgan fingerprint density at radius 1 is 1.21 bits per heavy atom. The topological polar surface area (TPSA) is 152 Å². The predicted molar refractivity (Wildman–Crippen MR) is 151 cm³/mol. The van der Waals surface area contributed by atoms with Gasteiger partial charge in [-0.15, -0.1) is 4.91 Å². The number of benzene rings is 1. The van der Waals surface area contributed by atoms with Crippen molar-refractivity contribution in [1.29, 1.82) is 0 Å². The lowest BCUT2D eigenvalue weighted by Gasteiger charge is -2.45. The zero-order valence-corrected chi connectivity index (χ0v) is 24.8. The summed E-state index contributed by atoms with van der Waals surface area (Å²) in [4.78, 5) is 54.2. The third kappa shape index (κ3) is 6.44. The van der Waals surface area contributed by atoms with Crippen molar-refractivity contribution in [3.05, 3.63) is 44.6 Å². The normalized spacial score (nSPS) is 24.8. The van der Waals surface area contributed by atoms with E-state index >= 15 is 0 Å². The fourth-order valence-electron chi connectivity index (χ4n) is 6.59. The Balaban J connectivity index is 1.77. The van der Waals surface area contributed by atoms with Crippen molar-refractivity contribution < 1.29 is 32.3 Å². The number of hydrogen-bond acceptors (Lipinski definition) is 8. The fourth-order valence-corrected chi connectivity index (χ4v) is 6.85. The van der Waals surface area contributed by atoms with Crippen molar-refractivity contribution >= 4 is 29.3 Å². The van der Waals surface area contributed by atoms with E-state index in [4.69, 9.17) is 27.9 Å². The quantitative estimate of drug-likeness (QED) is 0.251. The molecule has 0 spiro atoms. The van der Waals surface area contributed by atoms with Crippen LogP contribution in [0.3, 0.4) is 0 Å². The van der Waals surface area contributed by atoms with E-state index in [2.05, 4.69) is 5.18 Å². The standard InChI is InChI=1S/C28H36ClF3N6O5/c1-27(26(41)35-42)11-4-3-6-17(27)25(40)38-13-10-16-18(29)8-9-21(23(16)20(38)14-37-12-5-7-22(37)39)43-15-19(33)24(36(2)34)28(30,31)32/h8-9,17,20H,3-7,10-15,33-34H2,1-2H3/b24-19-/t17?,20?,27-/m0/s1. The molecule has 2 fully saturated rings. The number of hydrazine groups is 1. The number of ether oxygens (including phenoxy) is 1. The van der Waals surface area contributed by atoms with E-state index < -0.39 is 47.5 Å². The van der Waals surface area contributed by atoms with Crippen molar-refractivity contribution in [2.75, 3.05) is 33.3 Å². The molecule has 0 aromatic heterocycles. The van der Waals surface area contributed by atoms with Gasteiger partial charge in [-0.2, -0.15) is 13.2 Å². The molecule has 1 aromatic carbocycles. The molecule has 2 unspecified atom stereocenters. The molecular weight excluding hydrogens is 593 g/mol. The summed E-state index contributed by atoms with van der Waals surface area (Å²) in [5.74, 6) is 3.38. The van der Waals surface area contributed by atoms with Crippen LogP contribution < -0.4 is 16.3 Å². The van der Waals surface area contributed by atoms with Crippen molar-refractivity contribution in [2.24, 2.45) is 28.1 Å². The number of fused-ring (bicyclic) bond motifs is 1. The molecule has 2 heterocycles. The number of likely N-dealkylation sites (tertiary alicyclic amines) is 1. The van der Waals surface area contributed by atoms with Crippen LogP contribution in [0.2, 0.25) is 5.02 Å². The maximum Gasteiger partial charge on any atom is 0.434 e. The number of hydrogen-bond donors (Lipinski definition) is 2. The van der Waals surface area contributed by atoms with Gasteiger partial charge in [-0.3, -0.25) is 14.4 Å². The van der Waals surface area contributed by atoms with E-state index in [0.29, 0.717) is 66.2 Å². The zero-order valence-electron chi connectivity index (χ0n) is 24.1. The highest BCUT2D eigenvalue weighted by atomic mass is 35.5. The Bertz CT molecular complexity index is 1320. The van der Waals surface area contributed by atoms with E-state index in [-0.39, 0.29) is 37.1 Å². The Hall–Kier alpha value is -3.39. The highest BCUT2D eigenvalue weighted by Gasteiger charge is 2.50. The van der Waals surface area contributed by atoms with Crippen molar-refractivity contribution in [2.45, 2.75) is 64.1 Å². The van der Waals surface area contributed by atoms with Crippen LogP contribution in [0.5, 0.6) is 5.75 Å². The van der Waals surface area contributed by atoms with Gasteiger partial charge < -0.3 is 25.3 Å². The highest BCUT2D eigenvalue weighted by molar-refractivity contribution is 6.31. The van der Waals surface area contributed by atoms with E-state index in [1.54, 1.807) is 22.8 Å². The molecule has 1 aliphatic carbocycles. The monoisotopic (exact) mass is 628 g/mol. The Morgan fingerprint density at radius 2 is 1.93 bits per heavy atom. The molecule has 236 valence electrons. The molecule has 1 aromatic rings. The van der Waals surface area contributed by atoms with Crippen LogP contribution >= 0.6 is 11.6 Å². The summed E-state index contributed by atoms with van der Waals surface area (Å²) in [7, 11) is 1.01. The predicted octanol–water partition coefficient (Wildman–Crippen LogP) is 3.79. The maximum absolute atomic E-state index is 14.3. The molecule has 0 radical (unpaired) electrons. The lowest BCUT2D eigenvalue weighted by Crippen LogP contribution is -2.52. The first-order valence-electron chi connectivity index (χ1n) is 14.1. The fraction of sp³-hybridized carbons (Fsp3) is 0.607. The summed E-state index contributed by atoms with van der Waals surface area (Å²) in [6.07, 6.45) is -1.51. The first-order chi connectivity index (χ1) is 20.2. The molecule has 4 N–H and O–H groups in total. The average molecular weight is 629 g/mol. The van der Waals surface area contributed by atoms with E-state index in [0.717, 1.165) is 7.05 Å². The van der Waals surface area contributed by atoms with Crippen LogP contribution in [-0.2, 0) is 20.8 Å². The van der Waals surface area contributed by atoms with E-state index in [1.807, 2.05) is 0 Å². The molecule has 1 saturated carbocycles. The van der Waals surface area contributed by atoms with Gasteiger partial charge in [-0.25, -0.2) is 5.84 Å². The van der Waals surface area contributed by atoms with E-state index in [9.17, 15) is 32.5 Å². The summed E-state index contributed by atoms with van der Waals surface area (Å²) in [5, 5.41) is 3.40. The number of amides is 3. The number of nitroso groups, excluding NO2 is 1. The molecular formula is C28H36ClF3N6O5. The molecule has 43 heavy (non-hydrogen) atoms. The Kier molecular flexibility index (Phi) is 9.60. The molecule has 0 bridgehead atoms. The Labute approximate surface area is 252 Å². The first kappa shape index (κ1) is 32.5. The molecule has 15 heteroatoms. The van der Waals surface area contributed by atoms with Gasteiger partial charge in [0.1, 0.15) is 12.4 Å². The summed E-state index contributed by atoms with van der Waals surface area (Å²) < 4.78 is 46.7. The van der Waals surface area contributed by atoms with Crippen LogP contribution in [0, 0.1) is 16.2 Å². The van der Waals surface area contributed by atoms with Crippen molar-refractivity contribution in [3.8, 4) is 5.75 Å². The average Bonchev–Trinajstić information content (AvgIpc) is 3.35. The van der Waals surface area contributed by atoms with Crippen molar-refractivity contribution in [1.82, 2.24) is 14.8 Å². The smallest absolute Gasteiger partial charge is 0.434 e. The molecule has 3 atom stereocenters. The summed E-state index contributed by atoms with van der Waals surface area (Å²) in [6.45, 7) is 1.67. The number of rotatable bonds is 8. The second-order valence-corrected chi connectivity index (χ2v) is 12.0. The van der Waals surface area contributed by atoms with Gasteiger partial charge in [-0.1, -0.05) is 24.4 Å². The molecule has 11 nitrogen and oxygen atoms in total. The minimum absolute atomic E-state index is 0.0856. The maximum atomic E-state index is 14.3. The molecule has 3 amide bonds. The molecule has 3 aliphatic rings. The minimum Gasteiger partial charge on any atom is -0.487 e. The Morgan fingerprint density at radius 3 is 2.53 bits per heavy atom. The first-order valence-corrected chi connectivity index (χ1v) is 14.5. The summed E-state index contributed by atoms with van der Waals surface area (Å²) >= 11 is 6.58. The SMILES string of the molecule is CN(N)/C(=C(\N)COc1ccc(Cl)c2c1C(CN1CCCC1=O)N(C(=O)C1CCCC[C@]1(C)C(=O)N=O)CC2)C(F)(F)F. The number of carbonyl (C=O) groups excluding carboxylic acids is 3. The lowest BCUT2D eigenvalue weighted by molar-refractivity contribution is -0.151. The van der Waals surface area contributed by atoms with Gasteiger partial charge in [0.2, 0.25) is 11.8 Å². The zero-order chi connectivity index (χ0) is 31.7. The van der Waals surface area contributed by atoms with Gasteiger partial charge in [0.05, 0.1) is 23.1 Å². The number of nitrogens with zero attached hydrogens (tertiary/aromatic N) is 4. The van der Waals surface area contributed by atoms with Crippen molar-refractivity contribution in [3.63, 3.8) is 0 Å². The van der Waals surface area contributed by atoms with Gasteiger partial charge in [-0.05, 0) is 50.3 Å². The van der Waals surface area contributed by atoms with E-state index in [1.165, 1.54) is 6.07 Å². The minimum atomic E-state index is -4.83. The molecule has 2 aliphatic heterocycles. The van der Waals surface area contributed by atoms with Gasteiger partial charge in [0.15, 0.2) is 5.70 Å². The third-order valence-electron chi connectivity index (χ3n) is 8.81. The summed E-state index contributed by atoms with van der Waals surface area (Å²) in [5.41, 5.74) is 3.67. The van der Waals surface area contributed by atoms with Crippen LogP contribution in [0.15, 0.2) is 28.7 Å². The highest BCUT2D eigenvalue weighted by Crippen LogP contribution is 2.47. The molecule has 4 rings (SSSR count). The second kappa shape index (κ2) is 12.7. The van der Waals surface area contributed by atoms with Crippen LogP contribution in [0.1, 0.15) is 62.6 Å². The number of halogens is 4. The van der Waals surface area contributed by atoms with Gasteiger partial charge in [0, 0.05) is 48.9 Å². The number of alkyl halides is 3. The number of carbonyl (C=O) groups is 3. The number of allylic oxidation sites excluding steroid dienone is 1. The van der Waals surface area contributed by atoms with Gasteiger partial charge >= 0.3 is 6.18 Å².